The topological polar surface area (TPSA) is 38.3 Å². The van der Waals surface area contributed by atoms with Gasteiger partial charge in [-0.1, -0.05) is 20.3 Å². The fourth-order valence-electron chi connectivity index (χ4n) is 3.10. The lowest BCUT2D eigenvalue weighted by atomic mass is 9.87. The molecule has 1 N–H and O–H groups in total. The molecule has 2 rings (SSSR count). The van der Waals surface area contributed by atoms with E-state index in [1.807, 2.05) is 0 Å². The monoisotopic (exact) mass is 239 g/mol. The molecular formula is C14H25NO2. The summed E-state index contributed by atoms with van der Waals surface area (Å²) in [5.74, 6) is 1.30. The molecule has 0 amide bonds. The van der Waals surface area contributed by atoms with Crippen LogP contribution in [0, 0.1) is 17.8 Å². The third-order valence-corrected chi connectivity index (χ3v) is 4.26. The molecule has 0 aromatic carbocycles. The van der Waals surface area contributed by atoms with Crippen LogP contribution >= 0.6 is 0 Å². The van der Waals surface area contributed by atoms with Gasteiger partial charge in [0.05, 0.1) is 5.92 Å². The number of carbonyl (C=O) groups is 1. The molecule has 0 aromatic heterocycles. The van der Waals surface area contributed by atoms with E-state index in [9.17, 15) is 4.79 Å². The molecule has 1 aliphatic carbocycles. The van der Waals surface area contributed by atoms with Crippen molar-refractivity contribution in [2.75, 3.05) is 13.1 Å². The Hall–Kier alpha value is -0.570. The number of ether oxygens (including phenoxy) is 1. The quantitative estimate of drug-likeness (QED) is 0.752. The number of esters is 1. The van der Waals surface area contributed by atoms with Gasteiger partial charge in [-0.25, -0.2) is 0 Å². The Kier molecular flexibility index (Phi) is 4.43. The molecule has 3 heteroatoms. The summed E-state index contributed by atoms with van der Waals surface area (Å²) >= 11 is 0. The molecule has 4 unspecified atom stereocenters. The number of hydrogen-bond donors (Lipinski definition) is 1. The summed E-state index contributed by atoms with van der Waals surface area (Å²) in [5, 5.41) is 3.32. The molecule has 4 atom stereocenters. The molecule has 1 saturated carbocycles. The summed E-state index contributed by atoms with van der Waals surface area (Å²) in [5.41, 5.74) is 0. The summed E-state index contributed by atoms with van der Waals surface area (Å²) in [7, 11) is 0. The van der Waals surface area contributed by atoms with Gasteiger partial charge in [-0.05, 0) is 50.6 Å². The van der Waals surface area contributed by atoms with Crippen LogP contribution in [0.1, 0.15) is 46.0 Å². The molecule has 1 saturated heterocycles. The standard InChI is InChI=1S/C14H25NO2/c1-10-4-3-5-12(8-10)17-14(16)13-6-7-15-9-11(13)2/h10-13,15H,3-9H2,1-2H3. The number of hydrogen-bond acceptors (Lipinski definition) is 3. The minimum absolute atomic E-state index is 0.0538. The smallest absolute Gasteiger partial charge is 0.309 e. The minimum Gasteiger partial charge on any atom is -0.462 e. The number of rotatable bonds is 2. The average molecular weight is 239 g/mol. The van der Waals surface area contributed by atoms with Crippen LogP contribution in [-0.4, -0.2) is 25.2 Å². The van der Waals surface area contributed by atoms with Crippen molar-refractivity contribution < 1.29 is 9.53 Å². The maximum atomic E-state index is 12.1. The van der Waals surface area contributed by atoms with Gasteiger partial charge in [0.15, 0.2) is 0 Å². The van der Waals surface area contributed by atoms with Gasteiger partial charge in [0.1, 0.15) is 6.10 Å². The van der Waals surface area contributed by atoms with Crippen LogP contribution in [0.25, 0.3) is 0 Å². The summed E-state index contributed by atoms with van der Waals surface area (Å²) < 4.78 is 5.70. The second kappa shape index (κ2) is 5.85. The van der Waals surface area contributed by atoms with E-state index in [4.69, 9.17) is 4.74 Å². The van der Waals surface area contributed by atoms with Crippen LogP contribution in [0.3, 0.4) is 0 Å². The fraction of sp³-hybridized carbons (Fsp3) is 0.929. The average Bonchev–Trinajstić information content (AvgIpc) is 2.29. The Morgan fingerprint density at radius 3 is 2.76 bits per heavy atom. The van der Waals surface area contributed by atoms with Gasteiger partial charge in [0, 0.05) is 0 Å². The van der Waals surface area contributed by atoms with Crippen molar-refractivity contribution in [1.82, 2.24) is 5.32 Å². The second-order valence-corrected chi connectivity index (χ2v) is 5.91. The first-order valence-electron chi connectivity index (χ1n) is 7.08. The number of piperidine rings is 1. The molecule has 0 aromatic rings. The molecular weight excluding hydrogens is 214 g/mol. The molecule has 2 fully saturated rings. The van der Waals surface area contributed by atoms with Crippen molar-refractivity contribution in [2.24, 2.45) is 17.8 Å². The molecule has 0 spiro atoms. The Labute approximate surface area is 104 Å². The number of carbonyl (C=O) groups excluding carboxylic acids is 1. The van der Waals surface area contributed by atoms with E-state index >= 15 is 0 Å². The summed E-state index contributed by atoms with van der Waals surface area (Å²) in [6.45, 7) is 6.29. The third-order valence-electron chi connectivity index (χ3n) is 4.26. The first-order chi connectivity index (χ1) is 8.16. The van der Waals surface area contributed by atoms with Gasteiger partial charge in [0.2, 0.25) is 0 Å². The molecule has 98 valence electrons. The van der Waals surface area contributed by atoms with Gasteiger partial charge in [-0.2, -0.15) is 0 Å². The van der Waals surface area contributed by atoms with E-state index in [1.165, 1.54) is 12.8 Å². The largest absolute Gasteiger partial charge is 0.462 e. The first-order valence-corrected chi connectivity index (χ1v) is 7.08. The highest BCUT2D eigenvalue weighted by atomic mass is 16.5. The van der Waals surface area contributed by atoms with E-state index in [2.05, 4.69) is 19.2 Å². The lowest BCUT2D eigenvalue weighted by molar-refractivity contribution is -0.158. The molecule has 0 radical (unpaired) electrons. The van der Waals surface area contributed by atoms with Crippen LogP contribution in [0.2, 0.25) is 0 Å². The highest BCUT2D eigenvalue weighted by Crippen LogP contribution is 2.28. The van der Waals surface area contributed by atoms with Crippen molar-refractivity contribution >= 4 is 5.97 Å². The zero-order chi connectivity index (χ0) is 12.3. The highest BCUT2D eigenvalue weighted by Gasteiger charge is 2.31. The molecule has 17 heavy (non-hydrogen) atoms. The predicted molar refractivity (Wildman–Crippen MR) is 67.7 cm³/mol. The van der Waals surface area contributed by atoms with Crippen LogP contribution in [0.5, 0.6) is 0 Å². The molecule has 1 aliphatic heterocycles. The highest BCUT2D eigenvalue weighted by molar-refractivity contribution is 5.73. The van der Waals surface area contributed by atoms with Gasteiger partial charge >= 0.3 is 5.97 Å². The Morgan fingerprint density at radius 2 is 2.06 bits per heavy atom. The van der Waals surface area contributed by atoms with E-state index in [-0.39, 0.29) is 18.0 Å². The van der Waals surface area contributed by atoms with E-state index in [1.54, 1.807) is 0 Å². The van der Waals surface area contributed by atoms with Crippen molar-refractivity contribution in [3.63, 3.8) is 0 Å². The lowest BCUT2D eigenvalue weighted by Crippen LogP contribution is -2.40. The zero-order valence-corrected chi connectivity index (χ0v) is 11.1. The Morgan fingerprint density at radius 1 is 1.24 bits per heavy atom. The number of nitrogens with one attached hydrogen (secondary N) is 1. The maximum absolute atomic E-state index is 12.1. The maximum Gasteiger partial charge on any atom is 0.309 e. The van der Waals surface area contributed by atoms with Crippen LogP contribution in [0.15, 0.2) is 0 Å². The van der Waals surface area contributed by atoms with Crippen LogP contribution in [-0.2, 0) is 9.53 Å². The molecule has 2 aliphatic rings. The molecule has 3 nitrogen and oxygen atoms in total. The zero-order valence-electron chi connectivity index (χ0n) is 11.1. The van der Waals surface area contributed by atoms with Gasteiger partial charge in [-0.15, -0.1) is 0 Å². The van der Waals surface area contributed by atoms with E-state index < -0.39 is 0 Å². The van der Waals surface area contributed by atoms with Crippen molar-refractivity contribution in [3.05, 3.63) is 0 Å². The predicted octanol–water partition coefficient (Wildman–Crippen LogP) is 2.35. The fourth-order valence-corrected chi connectivity index (χ4v) is 3.10. The minimum atomic E-state index is 0.0538. The molecule has 1 heterocycles. The van der Waals surface area contributed by atoms with E-state index in [0.717, 1.165) is 32.4 Å². The Bertz CT molecular complexity index is 267. The summed E-state index contributed by atoms with van der Waals surface area (Å²) in [4.78, 5) is 12.1. The van der Waals surface area contributed by atoms with E-state index in [0.29, 0.717) is 11.8 Å². The van der Waals surface area contributed by atoms with Gasteiger partial charge < -0.3 is 10.1 Å². The lowest BCUT2D eigenvalue weighted by Gasteiger charge is -2.31. The van der Waals surface area contributed by atoms with Crippen molar-refractivity contribution in [2.45, 2.75) is 52.1 Å². The van der Waals surface area contributed by atoms with Crippen LogP contribution in [0.4, 0.5) is 0 Å². The van der Waals surface area contributed by atoms with Gasteiger partial charge in [-0.3, -0.25) is 4.79 Å². The third kappa shape index (κ3) is 3.44. The Balaban J connectivity index is 1.83. The second-order valence-electron chi connectivity index (χ2n) is 5.91. The summed E-state index contributed by atoms with van der Waals surface area (Å²) in [6.07, 6.45) is 5.75. The SMILES string of the molecule is CC1CCCC(OC(=O)C2CCNCC2C)C1. The first kappa shape index (κ1) is 12.9. The van der Waals surface area contributed by atoms with Crippen LogP contribution < -0.4 is 5.32 Å². The van der Waals surface area contributed by atoms with Crippen molar-refractivity contribution in [3.8, 4) is 0 Å². The normalized spacial score (nSPS) is 38.7. The van der Waals surface area contributed by atoms with Crippen molar-refractivity contribution in [1.29, 1.82) is 0 Å². The molecule has 0 bridgehead atoms. The van der Waals surface area contributed by atoms with Gasteiger partial charge in [0.25, 0.3) is 0 Å². The summed E-state index contributed by atoms with van der Waals surface area (Å²) in [6, 6.07) is 0.